The number of hydrogen-bond donors (Lipinski definition) is 1. The van der Waals surface area contributed by atoms with E-state index in [1.807, 2.05) is 12.3 Å². The molecule has 154 valence electrons. The molecule has 0 fully saturated rings. The Hall–Kier alpha value is -2.14. The van der Waals surface area contributed by atoms with Crippen LogP contribution in [0.5, 0.6) is 0 Å². The first-order valence-corrected chi connectivity index (χ1v) is 10.9. The van der Waals surface area contributed by atoms with Gasteiger partial charge in [-0.25, -0.2) is 4.68 Å². The van der Waals surface area contributed by atoms with E-state index in [4.69, 9.17) is 23.2 Å². The third-order valence-corrected chi connectivity index (χ3v) is 5.64. The summed E-state index contributed by atoms with van der Waals surface area (Å²) in [5.41, 5.74) is 1.13. The van der Waals surface area contributed by atoms with E-state index in [0.29, 0.717) is 33.5 Å². The molecule has 1 aromatic carbocycles. The van der Waals surface area contributed by atoms with Crippen molar-refractivity contribution in [1.82, 2.24) is 29.3 Å². The second-order valence-electron chi connectivity index (χ2n) is 6.29. The predicted octanol–water partition coefficient (Wildman–Crippen LogP) is 4.91. The fraction of sp³-hybridized carbons (Fsp3) is 0.111. The highest BCUT2D eigenvalue weighted by Crippen LogP contribution is 2.25. The SMILES string of the molecule is O=C(Nc1nn(Cc2ccc(Cl)cc2Cl)cc1Br)c1ccn(Cn2cc(Br)cn2)n1. The van der Waals surface area contributed by atoms with Gasteiger partial charge in [-0.1, -0.05) is 29.3 Å². The lowest BCUT2D eigenvalue weighted by Crippen LogP contribution is -2.15. The average molecular weight is 574 g/mol. The Bertz CT molecular complexity index is 1220. The average Bonchev–Trinajstić information content (AvgIpc) is 3.40. The third kappa shape index (κ3) is 4.94. The molecule has 0 saturated carbocycles. The number of carbonyl (C=O) groups is 1. The summed E-state index contributed by atoms with van der Waals surface area (Å²) in [5, 5.41) is 16.7. The number of halogens is 4. The van der Waals surface area contributed by atoms with Crippen molar-refractivity contribution < 1.29 is 4.79 Å². The molecule has 30 heavy (non-hydrogen) atoms. The number of anilines is 1. The maximum absolute atomic E-state index is 12.6. The Morgan fingerprint density at radius 3 is 2.63 bits per heavy atom. The predicted molar refractivity (Wildman–Crippen MR) is 121 cm³/mol. The van der Waals surface area contributed by atoms with Crippen LogP contribution in [-0.2, 0) is 13.2 Å². The van der Waals surface area contributed by atoms with Crippen molar-refractivity contribution in [1.29, 1.82) is 0 Å². The summed E-state index contributed by atoms with van der Waals surface area (Å²) in [4.78, 5) is 12.6. The molecule has 12 heteroatoms. The van der Waals surface area contributed by atoms with Gasteiger partial charge in [0.15, 0.2) is 11.5 Å². The lowest BCUT2D eigenvalue weighted by molar-refractivity contribution is 0.102. The highest BCUT2D eigenvalue weighted by Gasteiger charge is 2.15. The van der Waals surface area contributed by atoms with E-state index in [1.165, 1.54) is 0 Å². The number of benzene rings is 1. The summed E-state index contributed by atoms with van der Waals surface area (Å²) in [7, 11) is 0. The molecule has 3 aromatic heterocycles. The number of aromatic nitrogens is 6. The van der Waals surface area contributed by atoms with Crippen LogP contribution in [0.2, 0.25) is 10.0 Å². The Morgan fingerprint density at radius 2 is 1.90 bits per heavy atom. The minimum Gasteiger partial charge on any atom is -0.303 e. The summed E-state index contributed by atoms with van der Waals surface area (Å²) in [6.07, 6.45) is 6.97. The van der Waals surface area contributed by atoms with Crippen molar-refractivity contribution in [2.75, 3.05) is 5.32 Å². The zero-order chi connectivity index (χ0) is 21.3. The zero-order valence-electron chi connectivity index (χ0n) is 15.1. The first kappa shape index (κ1) is 21.1. The fourth-order valence-corrected chi connectivity index (χ4v) is 3.90. The summed E-state index contributed by atoms with van der Waals surface area (Å²) >= 11 is 18.9. The summed E-state index contributed by atoms with van der Waals surface area (Å²) in [6, 6.07) is 6.91. The van der Waals surface area contributed by atoms with Gasteiger partial charge < -0.3 is 5.32 Å². The molecule has 0 atom stereocenters. The van der Waals surface area contributed by atoms with Crippen LogP contribution in [0.4, 0.5) is 5.82 Å². The van der Waals surface area contributed by atoms with E-state index in [1.54, 1.807) is 50.8 Å². The molecule has 0 spiro atoms. The van der Waals surface area contributed by atoms with Crippen LogP contribution >= 0.6 is 55.1 Å². The number of rotatable bonds is 6. The standard InChI is InChI=1S/C18H13Br2Cl2N7O/c19-12-6-23-29(8-12)10-27-4-3-16(25-27)18(30)24-17-14(20)9-28(26-17)7-11-1-2-13(21)5-15(11)22/h1-6,8-9H,7,10H2,(H,24,26,30). The van der Waals surface area contributed by atoms with Gasteiger partial charge >= 0.3 is 0 Å². The second-order valence-corrected chi connectivity index (χ2v) is 8.91. The summed E-state index contributed by atoms with van der Waals surface area (Å²) in [6.45, 7) is 0.817. The van der Waals surface area contributed by atoms with E-state index >= 15 is 0 Å². The van der Waals surface area contributed by atoms with E-state index < -0.39 is 0 Å². The van der Waals surface area contributed by atoms with Gasteiger partial charge in [-0.3, -0.25) is 14.2 Å². The molecule has 0 radical (unpaired) electrons. The number of nitrogens with one attached hydrogen (secondary N) is 1. The quantitative estimate of drug-likeness (QED) is 0.355. The lowest BCUT2D eigenvalue weighted by Gasteiger charge is -2.05. The van der Waals surface area contributed by atoms with Crippen molar-refractivity contribution in [3.05, 3.63) is 79.3 Å². The van der Waals surface area contributed by atoms with Crippen molar-refractivity contribution in [3.63, 3.8) is 0 Å². The van der Waals surface area contributed by atoms with Crippen molar-refractivity contribution in [3.8, 4) is 0 Å². The number of carbonyl (C=O) groups excluding carboxylic acids is 1. The van der Waals surface area contributed by atoms with Crippen molar-refractivity contribution in [2.45, 2.75) is 13.2 Å². The molecule has 1 amide bonds. The smallest absolute Gasteiger partial charge is 0.277 e. The van der Waals surface area contributed by atoms with Gasteiger partial charge in [0.2, 0.25) is 0 Å². The highest BCUT2D eigenvalue weighted by atomic mass is 79.9. The van der Waals surface area contributed by atoms with Crippen LogP contribution in [0.3, 0.4) is 0 Å². The monoisotopic (exact) mass is 571 g/mol. The molecule has 0 bridgehead atoms. The van der Waals surface area contributed by atoms with Crippen molar-refractivity contribution >= 4 is 66.8 Å². The maximum atomic E-state index is 12.6. The van der Waals surface area contributed by atoms with Crippen LogP contribution in [-0.4, -0.2) is 35.2 Å². The molecule has 0 aliphatic rings. The number of nitrogens with zero attached hydrogens (tertiary/aromatic N) is 6. The maximum Gasteiger partial charge on any atom is 0.277 e. The molecule has 3 heterocycles. The Labute approximate surface area is 198 Å². The van der Waals surface area contributed by atoms with E-state index in [2.05, 4.69) is 52.5 Å². The molecule has 0 aliphatic carbocycles. The molecule has 4 rings (SSSR count). The van der Waals surface area contributed by atoms with Gasteiger partial charge in [0.05, 0.1) is 21.7 Å². The van der Waals surface area contributed by atoms with Crippen molar-refractivity contribution in [2.24, 2.45) is 0 Å². The van der Waals surface area contributed by atoms with Crippen LogP contribution in [0.15, 0.2) is 58.0 Å². The lowest BCUT2D eigenvalue weighted by atomic mass is 10.2. The highest BCUT2D eigenvalue weighted by molar-refractivity contribution is 9.10. The fourth-order valence-electron chi connectivity index (χ4n) is 2.68. The van der Waals surface area contributed by atoms with E-state index in [-0.39, 0.29) is 11.6 Å². The largest absolute Gasteiger partial charge is 0.303 e. The topological polar surface area (TPSA) is 82.6 Å². The molecule has 8 nitrogen and oxygen atoms in total. The first-order chi connectivity index (χ1) is 14.4. The molecular weight excluding hydrogens is 561 g/mol. The van der Waals surface area contributed by atoms with Gasteiger partial charge in [0, 0.05) is 28.6 Å². The Morgan fingerprint density at radius 1 is 1.07 bits per heavy atom. The number of amides is 1. The van der Waals surface area contributed by atoms with Crippen LogP contribution in [0.25, 0.3) is 0 Å². The van der Waals surface area contributed by atoms with Gasteiger partial charge in [-0.15, -0.1) is 0 Å². The van der Waals surface area contributed by atoms with Gasteiger partial charge in [0.25, 0.3) is 5.91 Å². The van der Waals surface area contributed by atoms with Crippen LogP contribution in [0, 0.1) is 0 Å². The molecule has 4 aromatic rings. The van der Waals surface area contributed by atoms with E-state index in [9.17, 15) is 4.79 Å². The van der Waals surface area contributed by atoms with Crippen LogP contribution < -0.4 is 5.32 Å². The third-order valence-electron chi connectivity index (χ3n) is 4.06. The first-order valence-electron chi connectivity index (χ1n) is 8.57. The minimum absolute atomic E-state index is 0.267. The van der Waals surface area contributed by atoms with Crippen LogP contribution in [0.1, 0.15) is 16.1 Å². The number of hydrogen-bond acceptors (Lipinski definition) is 4. The van der Waals surface area contributed by atoms with Gasteiger partial charge in [-0.05, 0) is 55.6 Å². The van der Waals surface area contributed by atoms with Gasteiger partial charge in [0.1, 0.15) is 6.67 Å². The normalized spacial score (nSPS) is 11.1. The summed E-state index contributed by atoms with van der Waals surface area (Å²) < 4.78 is 6.49. The molecule has 0 unspecified atom stereocenters. The molecule has 1 N–H and O–H groups in total. The second kappa shape index (κ2) is 8.93. The molecular formula is C18H13Br2Cl2N7O. The Kier molecular flexibility index (Phi) is 6.28. The van der Waals surface area contributed by atoms with E-state index in [0.717, 1.165) is 10.0 Å². The Balaban J connectivity index is 1.43. The molecule has 0 saturated heterocycles. The minimum atomic E-state index is -0.370. The van der Waals surface area contributed by atoms with Gasteiger partial charge in [-0.2, -0.15) is 15.3 Å². The zero-order valence-corrected chi connectivity index (χ0v) is 19.8. The summed E-state index contributed by atoms with van der Waals surface area (Å²) in [5.74, 6) is 0.0153. The molecule has 0 aliphatic heterocycles.